The first-order valence-corrected chi connectivity index (χ1v) is 12.8. The zero-order valence-electron chi connectivity index (χ0n) is 18.9. The van der Waals surface area contributed by atoms with E-state index in [4.69, 9.17) is 9.47 Å². The van der Waals surface area contributed by atoms with Gasteiger partial charge in [-0.3, -0.25) is 14.9 Å². The van der Waals surface area contributed by atoms with Crippen molar-refractivity contribution in [1.82, 2.24) is 5.43 Å². The summed E-state index contributed by atoms with van der Waals surface area (Å²) in [5.74, 6) is 0.364. The van der Waals surface area contributed by atoms with E-state index in [1.807, 2.05) is 30.3 Å². The molecule has 8 nitrogen and oxygen atoms in total. The normalized spacial score (nSPS) is 11.0. The molecular formula is C26H19I2N3O5. The van der Waals surface area contributed by atoms with Gasteiger partial charge in [0.2, 0.25) is 0 Å². The lowest BCUT2D eigenvalue weighted by molar-refractivity contribution is -0.384. The summed E-state index contributed by atoms with van der Waals surface area (Å²) in [4.78, 5) is 23.0. The Kier molecular flexibility index (Phi) is 8.36. The Bertz CT molecular complexity index is 1460. The molecule has 36 heavy (non-hydrogen) atoms. The third-order valence-corrected chi connectivity index (χ3v) is 6.89. The summed E-state index contributed by atoms with van der Waals surface area (Å²) in [7, 11) is 1.38. The molecular weight excluding hydrogens is 688 g/mol. The van der Waals surface area contributed by atoms with Crippen LogP contribution < -0.4 is 14.9 Å². The van der Waals surface area contributed by atoms with Crippen LogP contribution in [0.15, 0.2) is 77.9 Å². The SMILES string of the molecule is COc1ccc([N+](=O)[O-])cc1C(=O)N/N=C\c1cc(I)c(OCc2cccc3ccccc23)c(I)c1. The highest BCUT2D eigenvalue weighted by atomic mass is 127. The number of methoxy groups -OCH3 is 1. The number of hydrogen-bond acceptors (Lipinski definition) is 6. The average Bonchev–Trinajstić information content (AvgIpc) is 2.87. The van der Waals surface area contributed by atoms with Crippen LogP contribution in [0.4, 0.5) is 5.69 Å². The summed E-state index contributed by atoms with van der Waals surface area (Å²) in [6.07, 6.45) is 1.50. The molecule has 0 aliphatic heterocycles. The van der Waals surface area contributed by atoms with Crippen LogP contribution in [-0.2, 0) is 6.61 Å². The fourth-order valence-electron chi connectivity index (χ4n) is 3.57. The van der Waals surface area contributed by atoms with Gasteiger partial charge in [0, 0.05) is 12.1 Å². The van der Waals surface area contributed by atoms with Gasteiger partial charge in [0.15, 0.2) is 0 Å². The molecule has 0 saturated carbocycles. The smallest absolute Gasteiger partial charge is 0.275 e. The molecule has 1 amide bonds. The zero-order valence-corrected chi connectivity index (χ0v) is 23.2. The molecule has 0 radical (unpaired) electrons. The molecule has 0 atom stereocenters. The molecule has 0 spiro atoms. The van der Waals surface area contributed by atoms with Crippen LogP contribution in [0.3, 0.4) is 0 Å². The van der Waals surface area contributed by atoms with Crippen molar-refractivity contribution >= 4 is 73.8 Å². The van der Waals surface area contributed by atoms with Crippen LogP contribution in [-0.4, -0.2) is 24.2 Å². The second-order valence-electron chi connectivity index (χ2n) is 7.58. The van der Waals surface area contributed by atoms with Gasteiger partial charge in [-0.25, -0.2) is 5.43 Å². The summed E-state index contributed by atoms with van der Waals surface area (Å²) < 4.78 is 13.1. The minimum atomic E-state index is -0.619. The van der Waals surface area contributed by atoms with E-state index in [0.717, 1.165) is 35.5 Å². The number of nitrogens with zero attached hydrogens (tertiary/aromatic N) is 2. The van der Waals surface area contributed by atoms with Gasteiger partial charge in [0.05, 0.1) is 31.0 Å². The van der Waals surface area contributed by atoms with Gasteiger partial charge >= 0.3 is 0 Å². The number of hydrazone groups is 1. The van der Waals surface area contributed by atoms with Crippen molar-refractivity contribution in [2.75, 3.05) is 7.11 Å². The summed E-state index contributed by atoms with van der Waals surface area (Å²) in [5.41, 5.74) is 4.06. The maximum absolute atomic E-state index is 12.5. The van der Waals surface area contributed by atoms with Crippen molar-refractivity contribution in [2.45, 2.75) is 6.61 Å². The van der Waals surface area contributed by atoms with Crippen LogP contribution in [0.5, 0.6) is 11.5 Å². The van der Waals surface area contributed by atoms with Crippen LogP contribution in [0.25, 0.3) is 10.8 Å². The van der Waals surface area contributed by atoms with Crippen LogP contribution in [0.2, 0.25) is 0 Å². The van der Waals surface area contributed by atoms with Gasteiger partial charge in [0.1, 0.15) is 18.1 Å². The molecule has 1 N–H and O–H groups in total. The van der Waals surface area contributed by atoms with E-state index < -0.39 is 10.8 Å². The maximum atomic E-state index is 12.5. The predicted molar refractivity (Wildman–Crippen MR) is 155 cm³/mol. The number of fused-ring (bicyclic) bond motifs is 1. The third kappa shape index (κ3) is 5.93. The topological polar surface area (TPSA) is 103 Å². The van der Waals surface area contributed by atoms with E-state index in [2.05, 4.69) is 80.0 Å². The standard InChI is InChI=1S/C26H19I2N3O5/c1-35-24-10-9-19(31(33)34)13-21(24)26(32)30-29-14-16-11-22(27)25(23(28)12-16)36-15-18-7-4-6-17-5-2-3-8-20(17)18/h2-14H,15H2,1H3,(H,30,32)/b29-14-. The predicted octanol–water partition coefficient (Wildman–Crippen LogP) is 6.31. The monoisotopic (exact) mass is 707 g/mol. The van der Waals surface area contributed by atoms with Gasteiger partial charge in [0.25, 0.3) is 11.6 Å². The number of nitro groups is 1. The first kappa shape index (κ1) is 25.8. The molecule has 0 saturated heterocycles. The summed E-state index contributed by atoms with van der Waals surface area (Å²) in [6, 6.07) is 21.9. The van der Waals surface area contributed by atoms with Crippen molar-refractivity contribution in [3.8, 4) is 11.5 Å². The zero-order chi connectivity index (χ0) is 25.7. The van der Waals surface area contributed by atoms with Gasteiger partial charge in [-0.2, -0.15) is 5.10 Å². The van der Waals surface area contributed by atoms with Crippen LogP contribution in [0, 0.1) is 17.3 Å². The number of halogens is 2. The molecule has 4 aromatic carbocycles. The van der Waals surface area contributed by atoms with E-state index in [-0.39, 0.29) is 17.0 Å². The highest BCUT2D eigenvalue weighted by molar-refractivity contribution is 14.1. The van der Waals surface area contributed by atoms with E-state index in [0.29, 0.717) is 6.61 Å². The third-order valence-electron chi connectivity index (χ3n) is 5.29. The van der Waals surface area contributed by atoms with Crippen molar-refractivity contribution in [2.24, 2.45) is 5.10 Å². The van der Waals surface area contributed by atoms with E-state index in [9.17, 15) is 14.9 Å². The largest absolute Gasteiger partial charge is 0.496 e. The fourth-order valence-corrected chi connectivity index (χ4v) is 5.70. The first-order valence-electron chi connectivity index (χ1n) is 10.6. The molecule has 182 valence electrons. The Labute approximate surface area is 234 Å². The van der Waals surface area contributed by atoms with E-state index in [1.165, 1.54) is 30.8 Å². The molecule has 0 heterocycles. The highest BCUT2D eigenvalue weighted by Crippen LogP contribution is 2.30. The average molecular weight is 707 g/mol. The Morgan fingerprint density at radius 3 is 2.50 bits per heavy atom. The van der Waals surface area contributed by atoms with Crippen LogP contribution >= 0.6 is 45.2 Å². The van der Waals surface area contributed by atoms with Gasteiger partial charge in [-0.05, 0) is 85.3 Å². The number of non-ortho nitro benzene ring substituents is 1. The molecule has 0 aromatic heterocycles. The number of ether oxygens (including phenoxy) is 2. The number of hydrogen-bond donors (Lipinski definition) is 1. The van der Waals surface area contributed by atoms with Crippen molar-refractivity contribution in [3.05, 3.63) is 107 Å². The number of carbonyl (C=O) groups excluding carboxylic acids is 1. The number of benzene rings is 4. The molecule has 10 heteroatoms. The molecule has 0 unspecified atom stereocenters. The molecule has 0 aliphatic carbocycles. The lowest BCUT2D eigenvalue weighted by atomic mass is 10.1. The second-order valence-corrected chi connectivity index (χ2v) is 9.91. The lowest BCUT2D eigenvalue weighted by Gasteiger charge is -2.13. The molecule has 0 aliphatic rings. The van der Waals surface area contributed by atoms with E-state index in [1.54, 1.807) is 0 Å². The Morgan fingerprint density at radius 1 is 1.06 bits per heavy atom. The minimum absolute atomic E-state index is 0.0187. The number of carbonyl (C=O) groups is 1. The van der Waals surface area contributed by atoms with Crippen molar-refractivity contribution in [1.29, 1.82) is 0 Å². The molecule has 0 bridgehead atoms. The lowest BCUT2D eigenvalue weighted by Crippen LogP contribution is -2.18. The van der Waals surface area contributed by atoms with Crippen molar-refractivity contribution in [3.63, 3.8) is 0 Å². The number of nitro benzene ring substituents is 1. The van der Waals surface area contributed by atoms with Crippen LogP contribution in [0.1, 0.15) is 21.5 Å². The highest BCUT2D eigenvalue weighted by Gasteiger charge is 2.17. The Balaban J connectivity index is 1.46. The minimum Gasteiger partial charge on any atom is -0.496 e. The summed E-state index contributed by atoms with van der Waals surface area (Å²) in [6.45, 7) is 0.432. The Morgan fingerprint density at radius 2 is 1.78 bits per heavy atom. The number of amides is 1. The fraction of sp³-hybridized carbons (Fsp3) is 0.0769. The first-order chi connectivity index (χ1) is 17.4. The Hall–Kier alpha value is -3.26. The van der Waals surface area contributed by atoms with Gasteiger partial charge in [-0.1, -0.05) is 42.5 Å². The van der Waals surface area contributed by atoms with Gasteiger partial charge < -0.3 is 9.47 Å². The summed E-state index contributed by atoms with van der Waals surface area (Å²) >= 11 is 4.41. The molecule has 0 fully saturated rings. The van der Waals surface area contributed by atoms with Gasteiger partial charge in [-0.15, -0.1) is 0 Å². The van der Waals surface area contributed by atoms with Crippen molar-refractivity contribution < 1.29 is 19.2 Å². The number of nitrogens with one attached hydrogen (secondary N) is 1. The molecule has 4 aromatic rings. The second kappa shape index (κ2) is 11.6. The quantitative estimate of drug-likeness (QED) is 0.100. The maximum Gasteiger partial charge on any atom is 0.275 e. The number of rotatable bonds is 8. The molecule has 4 rings (SSSR count). The van der Waals surface area contributed by atoms with E-state index >= 15 is 0 Å². The summed E-state index contributed by atoms with van der Waals surface area (Å²) in [5, 5.41) is 17.4.